The first-order valence-electron chi connectivity index (χ1n) is 14.6. The molecule has 1 spiro atoms. The molecular weight excluding hydrogens is 504 g/mol. The van der Waals surface area contributed by atoms with Gasteiger partial charge in [-0.05, 0) is 54.0 Å². The van der Waals surface area contributed by atoms with Gasteiger partial charge >= 0.3 is 0 Å². The van der Waals surface area contributed by atoms with E-state index in [1.807, 2.05) is 48.6 Å². The summed E-state index contributed by atoms with van der Waals surface area (Å²) < 4.78 is 6.48. The number of pyridine rings is 1. The number of nitrogens with zero attached hydrogens (tertiary/aromatic N) is 2. The molecule has 2 saturated heterocycles. The normalized spacial score (nSPS) is 32.4. The number of amides is 3. The zero-order valence-corrected chi connectivity index (χ0v) is 23.4. The van der Waals surface area contributed by atoms with Crippen LogP contribution in [0.2, 0.25) is 0 Å². The summed E-state index contributed by atoms with van der Waals surface area (Å²) in [6.07, 6.45) is 10.8. The van der Waals surface area contributed by atoms with Crippen LogP contribution >= 0.6 is 0 Å². The number of anilines is 1. The van der Waals surface area contributed by atoms with Gasteiger partial charge in [-0.2, -0.15) is 0 Å². The quantitative estimate of drug-likeness (QED) is 0.511. The number of hydrogen-bond acceptors (Lipinski definition) is 5. The highest BCUT2D eigenvalue weighted by Crippen LogP contribution is 2.55. The molecule has 210 valence electrons. The molecule has 40 heavy (non-hydrogen) atoms. The van der Waals surface area contributed by atoms with E-state index in [0.717, 1.165) is 24.8 Å². The third kappa shape index (κ3) is 4.52. The van der Waals surface area contributed by atoms with E-state index < -0.39 is 29.6 Å². The maximum Gasteiger partial charge on any atom is 0.246 e. The van der Waals surface area contributed by atoms with E-state index >= 15 is 0 Å². The minimum Gasteiger partial charge on any atom is -0.359 e. The van der Waals surface area contributed by atoms with Gasteiger partial charge in [-0.25, -0.2) is 0 Å². The second kappa shape index (κ2) is 10.5. The lowest BCUT2D eigenvalue weighted by atomic mass is 9.74. The predicted molar refractivity (Wildman–Crippen MR) is 151 cm³/mol. The van der Waals surface area contributed by atoms with Gasteiger partial charge in [-0.1, -0.05) is 64.0 Å². The lowest BCUT2D eigenvalue weighted by molar-refractivity contribution is -0.142. The van der Waals surface area contributed by atoms with Crippen molar-refractivity contribution in [2.24, 2.45) is 17.8 Å². The number of carbonyl (C=O) groups is 3. The number of aromatic nitrogens is 1. The zero-order valence-electron chi connectivity index (χ0n) is 23.4. The van der Waals surface area contributed by atoms with Gasteiger partial charge in [0, 0.05) is 30.7 Å². The highest BCUT2D eigenvalue weighted by Gasteiger charge is 2.72. The maximum absolute atomic E-state index is 14.2. The number of ether oxygens (including phenoxy) is 1. The number of hydrogen-bond donors (Lipinski definition) is 2. The van der Waals surface area contributed by atoms with Crippen LogP contribution in [-0.4, -0.2) is 51.4 Å². The van der Waals surface area contributed by atoms with Gasteiger partial charge in [0.1, 0.15) is 11.6 Å². The molecule has 0 radical (unpaired) electrons. The van der Waals surface area contributed by atoms with Crippen LogP contribution in [0.5, 0.6) is 0 Å². The molecule has 3 amide bonds. The highest BCUT2D eigenvalue weighted by atomic mass is 16.5. The van der Waals surface area contributed by atoms with E-state index in [2.05, 4.69) is 36.4 Å². The van der Waals surface area contributed by atoms with Crippen molar-refractivity contribution in [2.75, 3.05) is 5.32 Å². The van der Waals surface area contributed by atoms with Gasteiger partial charge in [0.15, 0.2) is 0 Å². The fraction of sp³-hybridized carbons (Fsp3) is 0.500. The molecule has 1 aromatic carbocycles. The second-order valence-corrected chi connectivity index (χ2v) is 12.2. The van der Waals surface area contributed by atoms with Crippen molar-refractivity contribution in [3.05, 3.63) is 72.1 Å². The Kier molecular flexibility index (Phi) is 6.98. The first kappa shape index (κ1) is 26.7. The first-order chi connectivity index (χ1) is 19.3. The molecule has 2 aromatic rings. The lowest BCUT2D eigenvalue weighted by Gasteiger charge is -2.36. The monoisotopic (exact) mass is 542 g/mol. The van der Waals surface area contributed by atoms with E-state index in [1.165, 1.54) is 12.0 Å². The molecule has 3 aliphatic heterocycles. The maximum atomic E-state index is 14.2. The number of benzene rings is 1. The zero-order chi connectivity index (χ0) is 28.0. The van der Waals surface area contributed by atoms with Crippen molar-refractivity contribution in [2.45, 2.75) is 82.7 Å². The first-order valence-corrected chi connectivity index (χ1v) is 14.6. The van der Waals surface area contributed by atoms with Gasteiger partial charge in [0.05, 0.1) is 17.9 Å². The summed E-state index contributed by atoms with van der Waals surface area (Å²) in [6.45, 7) is 6.63. The van der Waals surface area contributed by atoms with Crippen molar-refractivity contribution in [1.82, 2.24) is 15.2 Å². The topological polar surface area (TPSA) is 101 Å². The Hall–Kier alpha value is -3.52. The van der Waals surface area contributed by atoms with Gasteiger partial charge in [-0.15, -0.1) is 0 Å². The van der Waals surface area contributed by atoms with Crippen molar-refractivity contribution < 1.29 is 19.1 Å². The summed E-state index contributed by atoms with van der Waals surface area (Å²) in [5.41, 5.74) is 1.49. The van der Waals surface area contributed by atoms with Crippen LogP contribution < -0.4 is 10.6 Å². The summed E-state index contributed by atoms with van der Waals surface area (Å²) in [5.74, 6) is -1.48. The van der Waals surface area contributed by atoms with Gasteiger partial charge in [0.2, 0.25) is 17.7 Å². The fourth-order valence-electron chi connectivity index (χ4n) is 7.10. The van der Waals surface area contributed by atoms with Crippen molar-refractivity contribution in [3.63, 3.8) is 0 Å². The third-order valence-electron chi connectivity index (χ3n) is 9.28. The summed E-state index contributed by atoms with van der Waals surface area (Å²) in [7, 11) is 0. The Bertz CT molecular complexity index is 1310. The molecule has 6 rings (SSSR count). The second-order valence-electron chi connectivity index (χ2n) is 12.2. The van der Waals surface area contributed by atoms with Crippen LogP contribution in [0, 0.1) is 17.8 Å². The van der Waals surface area contributed by atoms with Gasteiger partial charge in [0.25, 0.3) is 0 Å². The predicted octanol–water partition coefficient (Wildman–Crippen LogP) is 4.19. The number of rotatable bonds is 7. The van der Waals surface area contributed by atoms with Crippen LogP contribution in [0.4, 0.5) is 5.69 Å². The lowest BCUT2D eigenvalue weighted by Crippen LogP contribution is -2.57. The van der Waals surface area contributed by atoms with Gasteiger partial charge < -0.3 is 20.3 Å². The van der Waals surface area contributed by atoms with Crippen molar-refractivity contribution >= 4 is 23.4 Å². The molecule has 8 nitrogen and oxygen atoms in total. The van der Waals surface area contributed by atoms with E-state index in [0.29, 0.717) is 17.5 Å². The van der Waals surface area contributed by atoms with Crippen molar-refractivity contribution in [1.29, 1.82) is 0 Å². The van der Waals surface area contributed by atoms with Crippen LogP contribution in [-0.2, 0) is 25.7 Å². The Morgan fingerprint density at radius 1 is 1.12 bits per heavy atom. The van der Waals surface area contributed by atoms with Gasteiger partial charge in [-0.3, -0.25) is 19.4 Å². The molecule has 8 heteroatoms. The fourth-order valence-corrected chi connectivity index (χ4v) is 7.10. The molecule has 7 atom stereocenters. The average Bonchev–Trinajstić information content (AvgIpc) is 3.58. The smallest absolute Gasteiger partial charge is 0.246 e. The Morgan fingerprint density at radius 3 is 2.60 bits per heavy atom. The summed E-state index contributed by atoms with van der Waals surface area (Å²) in [6, 6.07) is 10.7. The Labute approximate surface area is 235 Å². The Balaban J connectivity index is 1.30. The number of nitrogens with one attached hydrogen (secondary N) is 2. The third-order valence-corrected chi connectivity index (χ3v) is 9.28. The molecule has 1 aliphatic carbocycles. The largest absolute Gasteiger partial charge is 0.359 e. The minimum atomic E-state index is -1.19. The molecule has 0 unspecified atom stereocenters. The Morgan fingerprint density at radius 2 is 1.90 bits per heavy atom. The molecule has 3 fully saturated rings. The van der Waals surface area contributed by atoms with E-state index in [4.69, 9.17) is 4.74 Å². The van der Waals surface area contributed by atoms with E-state index in [-0.39, 0.29) is 30.3 Å². The molecule has 4 heterocycles. The minimum absolute atomic E-state index is 0.0579. The van der Waals surface area contributed by atoms with Crippen LogP contribution in [0.15, 0.2) is 60.9 Å². The molecule has 2 N–H and O–H groups in total. The molecule has 4 aliphatic rings. The number of fused-ring (bicyclic) bond motifs is 1. The molecule has 1 saturated carbocycles. The van der Waals surface area contributed by atoms with Crippen LogP contribution in [0.1, 0.15) is 63.5 Å². The highest BCUT2D eigenvalue weighted by molar-refractivity contribution is 6.02. The van der Waals surface area contributed by atoms with E-state index in [9.17, 15) is 14.4 Å². The molecular formula is C32H38N4O4. The SMILES string of the molecule is CC(C)c1ccc(NC(=O)[C@@H]2[C@@H]3C=C[C@]4(O3)[C@@H]2C(=O)N(Cc2cccnc2)[C@H]4C(=O)N[C@@H]2CCCC[C@@H]2C)cc1. The van der Waals surface area contributed by atoms with Crippen molar-refractivity contribution in [3.8, 4) is 0 Å². The number of carbonyl (C=O) groups excluding carboxylic acids is 3. The average molecular weight is 543 g/mol. The van der Waals surface area contributed by atoms with E-state index in [1.54, 1.807) is 17.3 Å². The molecule has 1 aromatic heterocycles. The van der Waals surface area contributed by atoms with Crippen LogP contribution in [0.25, 0.3) is 0 Å². The standard InChI is InChI=1S/C32H38N4O4/c1-19(2)22-10-12-23(13-11-22)34-29(37)26-25-14-15-32(40-25)27(26)31(39)36(18-21-8-6-16-33-17-21)28(32)30(38)35-24-9-5-4-7-20(24)3/h6,8,10-17,19-20,24-28H,4-5,7,9,18H2,1-3H3,(H,34,37)(H,35,38)/t20-,24+,25-,26+,27-,28-,32-/m0/s1. The molecule has 2 bridgehead atoms. The van der Waals surface area contributed by atoms with Crippen LogP contribution in [0.3, 0.4) is 0 Å². The summed E-state index contributed by atoms with van der Waals surface area (Å²) in [4.78, 5) is 47.7. The summed E-state index contributed by atoms with van der Waals surface area (Å²) in [5, 5.41) is 6.28. The summed E-state index contributed by atoms with van der Waals surface area (Å²) >= 11 is 0. The number of likely N-dealkylation sites (tertiary alicyclic amines) is 1.